The van der Waals surface area contributed by atoms with Crippen LogP contribution in [0, 0.1) is 5.92 Å². The van der Waals surface area contributed by atoms with Gasteiger partial charge in [0, 0.05) is 5.92 Å². The van der Waals surface area contributed by atoms with Gasteiger partial charge in [-0.05, 0) is 67.8 Å². The number of esters is 1. The molecule has 1 aliphatic rings. The average molecular weight is 424 g/mol. The van der Waals surface area contributed by atoms with Gasteiger partial charge >= 0.3 is 5.97 Å². The number of amides is 1. The highest BCUT2D eigenvalue weighted by atomic mass is 16.6. The summed E-state index contributed by atoms with van der Waals surface area (Å²) >= 11 is 0. The lowest BCUT2D eigenvalue weighted by atomic mass is 9.89. The van der Waals surface area contributed by atoms with Crippen LogP contribution < -0.4 is 19.6 Å². The van der Waals surface area contributed by atoms with E-state index in [9.17, 15) is 9.59 Å². The van der Waals surface area contributed by atoms with Crippen LogP contribution >= 0.6 is 0 Å². The highest BCUT2D eigenvalue weighted by Gasteiger charge is 2.20. The Balaban J connectivity index is 1.65. The molecule has 1 amide bonds. The minimum absolute atomic E-state index is 0.0361. The summed E-state index contributed by atoms with van der Waals surface area (Å²) in [5.74, 6) is 0.907. The summed E-state index contributed by atoms with van der Waals surface area (Å²) in [6, 6.07) is 11.8. The number of hydrogen-bond acceptors (Lipinski definition) is 6. The number of nitrogens with one attached hydrogen (secondary N) is 1. The van der Waals surface area contributed by atoms with Gasteiger partial charge in [-0.2, -0.15) is 5.10 Å². The summed E-state index contributed by atoms with van der Waals surface area (Å²) in [5.41, 5.74) is 3.75. The van der Waals surface area contributed by atoms with Crippen LogP contribution in [-0.4, -0.2) is 31.8 Å². The van der Waals surface area contributed by atoms with Crippen LogP contribution in [0.15, 0.2) is 47.6 Å². The maximum atomic E-state index is 12.5. The number of methoxy groups -OCH3 is 1. The van der Waals surface area contributed by atoms with E-state index in [1.807, 2.05) is 6.92 Å². The molecule has 0 radical (unpaired) electrons. The zero-order valence-electron chi connectivity index (χ0n) is 17.9. The van der Waals surface area contributed by atoms with E-state index >= 15 is 0 Å². The number of nitrogens with zero attached hydrogens (tertiary/aromatic N) is 1. The van der Waals surface area contributed by atoms with Gasteiger partial charge in [-0.15, -0.1) is 0 Å². The van der Waals surface area contributed by atoms with Crippen molar-refractivity contribution in [2.75, 3.05) is 13.7 Å². The summed E-state index contributed by atoms with van der Waals surface area (Å²) in [6.07, 6.45) is 6.78. The van der Waals surface area contributed by atoms with Gasteiger partial charge in [-0.3, -0.25) is 4.79 Å². The number of carbonyl (C=O) groups excluding carboxylic acids is 2. The van der Waals surface area contributed by atoms with Crippen molar-refractivity contribution >= 4 is 18.1 Å². The molecule has 0 aromatic heterocycles. The quantitative estimate of drug-likeness (QED) is 0.295. The Morgan fingerprint density at radius 3 is 2.48 bits per heavy atom. The van der Waals surface area contributed by atoms with Gasteiger partial charge in [0.25, 0.3) is 0 Å². The van der Waals surface area contributed by atoms with E-state index < -0.39 is 5.97 Å². The Morgan fingerprint density at radius 2 is 1.81 bits per heavy atom. The van der Waals surface area contributed by atoms with Crippen LogP contribution in [0.2, 0.25) is 0 Å². The number of hydrazone groups is 1. The third kappa shape index (κ3) is 6.31. The zero-order chi connectivity index (χ0) is 22.1. The normalized spacial score (nSPS) is 14.3. The van der Waals surface area contributed by atoms with Crippen LogP contribution in [0.1, 0.15) is 54.9 Å². The lowest BCUT2D eigenvalue weighted by Crippen LogP contribution is -2.28. The summed E-state index contributed by atoms with van der Waals surface area (Å²) in [5, 5.41) is 4.07. The molecule has 164 valence electrons. The molecule has 1 aliphatic carbocycles. The second-order valence-corrected chi connectivity index (χ2v) is 7.33. The third-order valence-corrected chi connectivity index (χ3v) is 5.16. The minimum Gasteiger partial charge on any atom is -0.497 e. The SMILES string of the molecule is CCOc1cc(C=NNC(=O)C2CCCCC2)ccc1OC(=O)c1ccc(OC)cc1. The lowest BCUT2D eigenvalue weighted by molar-refractivity contribution is -0.125. The van der Waals surface area contributed by atoms with Gasteiger partial charge in [0.2, 0.25) is 5.91 Å². The molecule has 0 aliphatic heterocycles. The van der Waals surface area contributed by atoms with Gasteiger partial charge in [0.1, 0.15) is 5.75 Å². The van der Waals surface area contributed by atoms with Crippen molar-refractivity contribution in [1.82, 2.24) is 5.43 Å². The fourth-order valence-corrected chi connectivity index (χ4v) is 3.47. The van der Waals surface area contributed by atoms with Gasteiger partial charge in [0.15, 0.2) is 11.5 Å². The first kappa shape index (κ1) is 22.3. The van der Waals surface area contributed by atoms with E-state index in [1.54, 1.807) is 55.8 Å². The topological polar surface area (TPSA) is 86.2 Å². The highest BCUT2D eigenvalue weighted by molar-refractivity contribution is 5.92. The van der Waals surface area contributed by atoms with Crippen molar-refractivity contribution in [2.24, 2.45) is 11.0 Å². The van der Waals surface area contributed by atoms with Crippen LogP contribution in [-0.2, 0) is 4.79 Å². The molecule has 0 unspecified atom stereocenters. The summed E-state index contributed by atoms with van der Waals surface area (Å²) in [7, 11) is 1.56. The fraction of sp³-hybridized carbons (Fsp3) is 0.375. The van der Waals surface area contributed by atoms with Crippen molar-refractivity contribution < 1.29 is 23.8 Å². The Morgan fingerprint density at radius 1 is 1.06 bits per heavy atom. The molecule has 1 saturated carbocycles. The Kier molecular flexibility index (Phi) is 8.04. The van der Waals surface area contributed by atoms with Gasteiger partial charge in [-0.1, -0.05) is 19.3 Å². The van der Waals surface area contributed by atoms with E-state index in [4.69, 9.17) is 14.2 Å². The van der Waals surface area contributed by atoms with Crippen LogP contribution in [0.25, 0.3) is 0 Å². The van der Waals surface area contributed by atoms with E-state index in [0.717, 1.165) is 31.2 Å². The molecule has 7 heteroatoms. The Hall–Kier alpha value is -3.35. The van der Waals surface area contributed by atoms with Crippen LogP contribution in [0.5, 0.6) is 17.2 Å². The Labute approximate surface area is 182 Å². The molecule has 0 saturated heterocycles. The predicted octanol–water partition coefficient (Wildman–Crippen LogP) is 4.34. The lowest BCUT2D eigenvalue weighted by Gasteiger charge is -2.19. The number of carbonyl (C=O) groups is 2. The van der Waals surface area contributed by atoms with Crippen molar-refractivity contribution in [3.05, 3.63) is 53.6 Å². The van der Waals surface area contributed by atoms with Gasteiger partial charge in [-0.25, -0.2) is 10.2 Å². The van der Waals surface area contributed by atoms with E-state index in [2.05, 4.69) is 10.5 Å². The number of rotatable bonds is 8. The maximum absolute atomic E-state index is 12.5. The molecule has 0 bridgehead atoms. The molecular formula is C24H28N2O5. The summed E-state index contributed by atoms with van der Waals surface area (Å²) in [4.78, 5) is 24.7. The molecule has 3 rings (SSSR count). The standard InChI is InChI=1S/C24H28N2O5/c1-3-30-22-15-17(16-25-26-23(27)18-7-5-4-6-8-18)9-14-21(22)31-24(28)19-10-12-20(29-2)13-11-19/h9-16,18H,3-8H2,1-2H3,(H,26,27). The van der Waals surface area contributed by atoms with Crippen LogP contribution in [0.4, 0.5) is 0 Å². The molecule has 0 spiro atoms. The molecule has 0 heterocycles. The molecule has 1 N–H and O–H groups in total. The predicted molar refractivity (Wildman–Crippen MR) is 118 cm³/mol. The highest BCUT2D eigenvalue weighted by Crippen LogP contribution is 2.29. The fourth-order valence-electron chi connectivity index (χ4n) is 3.47. The Bertz CT molecular complexity index is 918. The first-order valence-electron chi connectivity index (χ1n) is 10.6. The van der Waals surface area contributed by atoms with E-state index in [1.165, 1.54) is 6.42 Å². The first-order valence-corrected chi connectivity index (χ1v) is 10.6. The summed E-state index contributed by atoms with van der Waals surface area (Å²) < 4.78 is 16.2. The third-order valence-electron chi connectivity index (χ3n) is 5.16. The molecule has 31 heavy (non-hydrogen) atoms. The zero-order valence-corrected chi connectivity index (χ0v) is 17.9. The molecule has 2 aromatic carbocycles. The smallest absolute Gasteiger partial charge is 0.343 e. The summed E-state index contributed by atoms with van der Waals surface area (Å²) in [6.45, 7) is 2.26. The molecule has 0 atom stereocenters. The number of ether oxygens (including phenoxy) is 3. The van der Waals surface area contributed by atoms with Gasteiger partial charge < -0.3 is 14.2 Å². The number of hydrogen-bond donors (Lipinski definition) is 1. The van der Waals surface area contributed by atoms with Crippen molar-refractivity contribution in [3.63, 3.8) is 0 Å². The van der Waals surface area contributed by atoms with Crippen LogP contribution in [0.3, 0.4) is 0 Å². The minimum atomic E-state index is -0.496. The van der Waals surface area contributed by atoms with Crippen molar-refractivity contribution in [3.8, 4) is 17.2 Å². The molecular weight excluding hydrogens is 396 g/mol. The van der Waals surface area contributed by atoms with Crippen molar-refractivity contribution in [1.29, 1.82) is 0 Å². The second kappa shape index (κ2) is 11.2. The monoisotopic (exact) mass is 424 g/mol. The molecule has 1 fully saturated rings. The average Bonchev–Trinajstić information content (AvgIpc) is 2.81. The van der Waals surface area contributed by atoms with E-state index in [0.29, 0.717) is 29.4 Å². The first-order chi connectivity index (χ1) is 15.1. The maximum Gasteiger partial charge on any atom is 0.343 e. The number of benzene rings is 2. The largest absolute Gasteiger partial charge is 0.497 e. The van der Waals surface area contributed by atoms with Crippen molar-refractivity contribution in [2.45, 2.75) is 39.0 Å². The van der Waals surface area contributed by atoms with Gasteiger partial charge in [0.05, 0.1) is 25.5 Å². The second-order valence-electron chi connectivity index (χ2n) is 7.33. The molecule has 2 aromatic rings. The van der Waals surface area contributed by atoms with E-state index in [-0.39, 0.29) is 11.8 Å². The molecule has 7 nitrogen and oxygen atoms in total.